The molecule has 2 rings (SSSR count). The fourth-order valence-corrected chi connectivity index (χ4v) is 3.60. The monoisotopic (exact) mass is 359 g/mol. The second-order valence-corrected chi connectivity index (χ2v) is 6.88. The molecule has 1 heterocycles. The first-order valence-electron chi connectivity index (χ1n) is 7.15. The van der Waals surface area contributed by atoms with Crippen molar-refractivity contribution in [2.24, 2.45) is 0 Å². The number of alkyl halides is 2. The smallest absolute Gasteiger partial charge is 0.406 e. The standard InChI is InChI=1S/C15H16F2NO5P/c1-3-22-24(21,23-4-2)15(16,17)13-8-12-7-10(14(19)20)5-6-11(12)9-18-13/h5-9H,3-4H2,1-2H3,(H,19,20). The molecule has 0 aliphatic rings. The lowest BCUT2D eigenvalue weighted by atomic mass is 10.1. The number of hydrogen-bond acceptors (Lipinski definition) is 5. The Hall–Kier alpha value is -1.89. The van der Waals surface area contributed by atoms with E-state index in [0.717, 1.165) is 12.3 Å². The van der Waals surface area contributed by atoms with Gasteiger partial charge in [0.15, 0.2) is 0 Å². The zero-order chi connectivity index (χ0) is 18.0. The number of carbonyl (C=O) groups is 1. The molecule has 9 heteroatoms. The summed E-state index contributed by atoms with van der Waals surface area (Å²) in [6, 6.07) is 5.03. The molecule has 0 unspecified atom stereocenters. The van der Waals surface area contributed by atoms with E-state index in [0.29, 0.717) is 5.39 Å². The Labute approximate surface area is 136 Å². The summed E-state index contributed by atoms with van der Waals surface area (Å²) in [4.78, 5) is 14.7. The summed E-state index contributed by atoms with van der Waals surface area (Å²) in [5, 5.41) is 9.70. The van der Waals surface area contributed by atoms with Gasteiger partial charge in [-0.05, 0) is 37.4 Å². The van der Waals surface area contributed by atoms with E-state index in [-0.39, 0.29) is 24.2 Å². The second kappa shape index (κ2) is 6.93. The van der Waals surface area contributed by atoms with Crippen molar-refractivity contribution in [2.75, 3.05) is 13.2 Å². The molecule has 0 atom stereocenters. The van der Waals surface area contributed by atoms with Crippen molar-refractivity contribution in [3.05, 3.63) is 41.7 Å². The van der Waals surface area contributed by atoms with Crippen molar-refractivity contribution < 1.29 is 32.3 Å². The molecule has 130 valence electrons. The first kappa shape index (κ1) is 18.4. The summed E-state index contributed by atoms with van der Waals surface area (Å²) in [6.45, 7) is 2.41. The zero-order valence-corrected chi connectivity index (χ0v) is 13.9. The van der Waals surface area contributed by atoms with E-state index in [1.54, 1.807) is 0 Å². The third-order valence-corrected chi connectivity index (χ3v) is 5.33. The lowest BCUT2D eigenvalue weighted by Crippen LogP contribution is -2.19. The quantitative estimate of drug-likeness (QED) is 0.744. The topological polar surface area (TPSA) is 85.7 Å². The van der Waals surface area contributed by atoms with Gasteiger partial charge in [0.25, 0.3) is 0 Å². The Kier molecular flexibility index (Phi) is 5.32. The number of halogens is 2. The van der Waals surface area contributed by atoms with Crippen molar-refractivity contribution >= 4 is 24.3 Å². The van der Waals surface area contributed by atoms with Gasteiger partial charge in [-0.1, -0.05) is 6.07 Å². The fourth-order valence-electron chi connectivity index (χ4n) is 2.12. The minimum atomic E-state index is -4.77. The number of aromatic carboxylic acids is 1. The van der Waals surface area contributed by atoms with Crippen LogP contribution in [-0.4, -0.2) is 29.3 Å². The number of rotatable bonds is 7. The number of fused-ring (bicyclic) bond motifs is 1. The minimum Gasteiger partial charge on any atom is -0.478 e. The summed E-state index contributed by atoms with van der Waals surface area (Å²) in [7, 11) is -4.77. The predicted molar refractivity (Wildman–Crippen MR) is 83.5 cm³/mol. The molecule has 0 amide bonds. The molecule has 1 aromatic heterocycles. The average molecular weight is 359 g/mol. The number of carboxylic acids is 1. The van der Waals surface area contributed by atoms with E-state index >= 15 is 0 Å². The zero-order valence-electron chi connectivity index (χ0n) is 13.0. The van der Waals surface area contributed by atoms with Crippen LogP contribution in [0.25, 0.3) is 10.8 Å². The SMILES string of the molecule is CCOP(=O)(OCC)C(F)(F)c1cc2cc(C(=O)O)ccc2cn1. The number of hydrogen-bond donors (Lipinski definition) is 1. The van der Waals surface area contributed by atoms with Crippen LogP contribution in [0.1, 0.15) is 29.9 Å². The minimum absolute atomic E-state index is 0.0548. The van der Waals surface area contributed by atoms with Crippen LogP contribution in [0.4, 0.5) is 8.78 Å². The number of carboxylic acid groups (broad SMARTS) is 1. The highest BCUT2D eigenvalue weighted by molar-refractivity contribution is 7.54. The third kappa shape index (κ3) is 3.31. The van der Waals surface area contributed by atoms with Gasteiger partial charge in [0, 0.05) is 11.6 Å². The van der Waals surface area contributed by atoms with E-state index < -0.39 is 24.9 Å². The van der Waals surface area contributed by atoms with Crippen LogP contribution >= 0.6 is 7.60 Å². The Morgan fingerprint density at radius 2 is 1.83 bits per heavy atom. The van der Waals surface area contributed by atoms with E-state index in [2.05, 4.69) is 4.98 Å². The van der Waals surface area contributed by atoms with E-state index in [1.165, 1.54) is 32.0 Å². The normalized spacial score (nSPS) is 12.5. The van der Waals surface area contributed by atoms with Crippen molar-refractivity contribution in [3.63, 3.8) is 0 Å². The number of nitrogens with zero attached hydrogens (tertiary/aromatic N) is 1. The Balaban J connectivity index is 2.56. The van der Waals surface area contributed by atoms with Gasteiger partial charge < -0.3 is 14.2 Å². The lowest BCUT2D eigenvalue weighted by Gasteiger charge is -2.25. The Bertz CT molecular complexity index is 802. The van der Waals surface area contributed by atoms with Crippen LogP contribution in [0.2, 0.25) is 0 Å². The maximum atomic E-state index is 14.7. The van der Waals surface area contributed by atoms with Crippen molar-refractivity contribution in [1.82, 2.24) is 4.98 Å². The van der Waals surface area contributed by atoms with Crippen LogP contribution in [0, 0.1) is 0 Å². The Morgan fingerprint density at radius 1 is 1.21 bits per heavy atom. The molecule has 0 saturated heterocycles. The highest BCUT2D eigenvalue weighted by Gasteiger charge is 2.56. The molecule has 0 spiro atoms. The number of aromatic nitrogens is 1. The lowest BCUT2D eigenvalue weighted by molar-refractivity contribution is 0.0325. The summed E-state index contributed by atoms with van der Waals surface area (Å²) in [5.41, 5.74) is -4.82. The first-order valence-corrected chi connectivity index (χ1v) is 8.70. The second-order valence-electron chi connectivity index (χ2n) is 4.81. The van der Waals surface area contributed by atoms with Gasteiger partial charge in [-0.25, -0.2) is 4.79 Å². The van der Waals surface area contributed by atoms with Gasteiger partial charge in [-0.15, -0.1) is 0 Å². The van der Waals surface area contributed by atoms with Gasteiger partial charge in [0.05, 0.1) is 18.8 Å². The Morgan fingerprint density at radius 3 is 2.38 bits per heavy atom. The van der Waals surface area contributed by atoms with Gasteiger partial charge in [-0.2, -0.15) is 8.78 Å². The maximum absolute atomic E-state index is 14.7. The van der Waals surface area contributed by atoms with Crippen LogP contribution in [0.15, 0.2) is 30.5 Å². The van der Waals surface area contributed by atoms with Crippen molar-refractivity contribution in [1.29, 1.82) is 0 Å². The maximum Gasteiger partial charge on any atom is 0.406 e. The van der Waals surface area contributed by atoms with Gasteiger partial charge >= 0.3 is 19.2 Å². The molecule has 0 bridgehead atoms. The van der Waals surface area contributed by atoms with Crippen LogP contribution in [0.5, 0.6) is 0 Å². The fraction of sp³-hybridized carbons (Fsp3) is 0.333. The molecule has 0 aliphatic heterocycles. The summed E-state index contributed by atoms with van der Waals surface area (Å²) in [5.74, 6) is -1.18. The van der Waals surface area contributed by atoms with Crippen molar-refractivity contribution in [3.8, 4) is 0 Å². The highest BCUT2D eigenvalue weighted by Crippen LogP contribution is 2.66. The van der Waals surface area contributed by atoms with Gasteiger partial charge in [-0.3, -0.25) is 9.55 Å². The molecule has 1 N–H and O–H groups in total. The molecule has 0 fully saturated rings. The molecular formula is C15H16F2NO5P. The summed E-state index contributed by atoms with van der Waals surface area (Å²) < 4.78 is 51.2. The predicted octanol–water partition coefficient (Wildman–Crippen LogP) is 4.25. The first-order chi connectivity index (χ1) is 11.2. The molecule has 0 radical (unpaired) electrons. The largest absolute Gasteiger partial charge is 0.478 e. The molecule has 6 nitrogen and oxygen atoms in total. The average Bonchev–Trinajstić information content (AvgIpc) is 2.54. The van der Waals surface area contributed by atoms with E-state index in [9.17, 15) is 18.1 Å². The number of pyridine rings is 1. The highest BCUT2D eigenvalue weighted by atomic mass is 31.2. The van der Waals surface area contributed by atoms with E-state index in [4.69, 9.17) is 14.2 Å². The molecule has 1 aromatic carbocycles. The number of benzene rings is 1. The summed E-state index contributed by atoms with van der Waals surface area (Å²) >= 11 is 0. The summed E-state index contributed by atoms with van der Waals surface area (Å²) in [6.07, 6.45) is 1.16. The van der Waals surface area contributed by atoms with Gasteiger partial charge in [0.1, 0.15) is 5.69 Å². The van der Waals surface area contributed by atoms with Crippen LogP contribution in [0.3, 0.4) is 0 Å². The molecule has 0 saturated carbocycles. The van der Waals surface area contributed by atoms with Crippen molar-refractivity contribution in [2.45, 2.75) is 19.5 Å². The van der Waals surface area contributed by atoms with Gasteiger partial charge in [0.2, 0.25) is 0 Å². The van der Waals surface area contributed by atoms with Crippen LogP contribution < -0.4 is 0 Å². The third-order valence-electron chi connectivity index (χ3n) is 3.22. The molecular weight excluding hydrogens is 343 g/mol. The molecule has 24 heavy (non-hydrogen) atoms. The van der Waals surface area contributed by atoms with Crippen LogP contribution in [-0.2, 0) is 19.3 Å². The molecule has 2 aromatic rings. The molecule has 0 aliphatic carbocycles. The van der Waals surface area contributed by atoms with E-state index in [1.807, 2.05) is 0 Å².